The Morgan fingerprint density at radius 3 is 2.48 bits per heavy atom. The Morgan fingerprint density at radius 1 is 1.19 bits per heavy atom. The number of benzene rings is 1. The molecule has 1 aliphatic rings. The van der Waals surface area contributed by atoms with Crippen LogP contribution in [-0.2, 0) is 10.0 Å². The number of piperazine rings is 1. The highest BCUT2D eigenvalue weighted by atomic mass is 32.2. The van der Waals surface area contributed by atoms with E-state index < -0.39 is 10.0 Å². The number of nitrogens with zero attached hydrogens (tertiary/aromatic N) is 2. The lowest BCUT2D eigenvalue weighted by Gasteiger charge is -2.36. The summed E-state index contributed by atoms with van der Waals surface area (Å²) in [7, 11) is -3.12. The predicted molar refractivity (Wildman–Crippen MR) is 82.5 cm³/mol. The average Bonchev–Trinajstić information content (AvgIpc) is 2.48. The van der Waals surface area contributed by atoms with E-state index in [1.54, 1.807) is 19.1 Å². The topological polar surface area (TPSA) is 52.7 Å². The van der Waals surface area contributed by atoms with Crippen LogP contribution in [0.15, 0.2) is 24.3 Å². The first-order valence-corrected chi connectivity index (χ1v) is 8.86. The van der Waals surface area contributed by atoms with Crippen molar-refractivity contribution in [3.63, 3.8) is 0 Å². The first kappa shape index (κ1) is 16.2. The SMILES string of the molecule is CCS(=O)(=O)NCCN1CCN(c2ccccc2F)CC1. The first-order valence-electron chi connectivity index (χ1n) is 7.21. The van der Waals surface area contributed by atoms with Gasteiger partial charge >= 0.3 is 0 Å². The van der Waals surface area contributed by atoms with Crippen LogP contribution in [0.4, 0.5) is 10.1 Å². The molecular formula is C14H22FN3O2S. The number of anilines is 1. The Labute approximate surface area is 125 Å². The summed E-state index contributed by atoms with van der Waals surface area (Å²) in [6, 6.07) is 6.79. The maximum Gasteiger partial charge on any atom is 0.211 e. The third kappa shape index (κ3) is 4.66. The summed E-state index contributed by atoms with van der Waals surface area (Å²) in [5.74, 6) is -0.0877. The Balaban J connectivity index is 1.77. The summed E-state index contributed by atoms with van der Waals surface area (Å²) in [4.78, 5) is 4.22. The van der Waals surface area contributed by atoms with Crippen molar-refractivity contribution >= 4 is 15.7 Å². The number of hydrogen-bond donors (Lipinski definition) is 1. The van der Waals surface area contributed by atoms with Gasteiger partial charge in [0.2, 0.25) is 10.0 Å². The van der Waals surface area contributed by atoms with Gasteiger partial charge in [-0.05, 0) is 19.1 Å². The molecule has 0 atom stereocenters. The quantitative estimate of drug-likeness (QED) is 0.847. The molecule has 1 saturated heterocycles. The van der Waals surface area contributed by atoms with E-state index in [9.17, 15) is 12.8 Å². The van der Waals surface area contributed by atoms with E-state index in [0.717, 1.165) is 26.2 Å². The number of hydrogen-bond acceptors (Lipinski definition) is 4. The Bertz CT molecular complexity index is 557. The van der Waals surface area contributed by atoms with Gasteiger partial charge in [-0.2, -0.15) is 0 Å². The molecule has 0 unspecified atom stereocenters. The summed E-state index contributed by atoms with van der Waals surface area (Å²) >= 11 is 0. The summed E-state index contributed by atoms with van der Waals surface area (Å²) in [5, 5.41) is 0. The van der Waals surface area contributed by atoms with Gasteiger partial charge < -0.3 is 4.90 Å². The lowest BCUT2D eigenvalue weighted by Crippen LogP contribution is -2.48. The molecule has 7 heteroatoms. The molecule has 0 aliphatic carbocycles. The Morgan fingerprint density at radius 2 is 1.86 bits per heavy atom. The van der Waals surface area contributed by atoms with Crippen LogP contribution >= 0.6 is 0 Å². The van der Waals surface area contributed by atoms with Crippen molar-refractivity contribution in [3.05, 3.63) is 30.1 Å². The van der Waals surface area contributed by atoms with Crippen molar-refractivity contribution in [2.75, 3.05) is 49.9 Å². The van der Waals surface area contributed by atoms with E-state index in [2.05, 4.69) is 9.62 Å². The van der Waals surface area contributed by atoms with Crippen LogP contribution in [0.5, 0.6) is 0 Å². The monoisotopic (exact) mass is 315 g/mol. The minimum Gasteiger partial charge on any atom is -0.367 e. The van der Waals surface area contributed by atoms with E-state index in [1.807, 2.05) is 11.0 Å². The van der Waals surface area contributed by atoms with E-state index in [4.69, 9.17) is 0 Å². The highest BCUT2D eigenvalue weighted by Gasteiger charge is 2.19. The molecule has 1 aliphatic heterocycles. The fourth-order valence-electron chi connectivity index (χ4n) is 2.38. The van der Waals surface area contributed by atoms with Crippen molar-refractivity contribution in [3.8, 4) is 0 Å². The maximum atomic E-state index is 13.7. The van der Waals surface area contributed by atoms with Gasteiger partial charge in [0, 0.05) is 39.3 Å². The van der Waals surface area contributed by atoms with Gasteiger partial charge in [-0.1, -0.05) is 12.1 Å². The van der Waals surface area contributed by atoms with Crippen molar-refractivity contribution < 1.29 is 12.8 Å². The fourth-order valence-corrected chi connectivity index (χ4v) is 2.99. The molecule has 1 aromatic rings. The summed E-state index contributed by atoms with van der Waals surface area (Å²) in [6.07, 6.45) is 0. The van der Waals surface area contributed by atoms with E-state index >= 15 is 0 Å². The number of rotatable bonds is 6. The smallest absolute Gasteiger partial charge is 0.211 e. The second-order valence-electron chi connectivity index (χ2n) is 5.08. The zero-order valence-corrected chi connectivity index (χ0v) is 13.1. The number of nitrogens with one attached hydrogen (secondary N) is 1. The third-order valence-electron chi connectivity index (χ3n) is 3.70. The van der Waals surface area contributed by atoms with Crippen molar-refractivity contribution in [1.82, 2.24) is 9.62 Å². The van der Waals surface area contributed by atoms with Gasteiger partial charge in [-0.3, -0.25) is 4.90 Å². The van der Waals surface area contributed by atoms with Gasteiger partial charge in [0.15, 0.2) is 0 Å². The molecule has 0 aromatic heterocycles. The fraction of sp³-hybridized carbons (Fsp3) is 0.571. The summed E-state index contributed by atoms with van der Waals surface area (Å²) < 4.78 is 38.9. The summed E-state index contributed by atoms with van der Waals surface area (Å²) in [5.41, 5.74) is 0.642. The molecule has 1 heterocycles. The number of sulfonamides is 1. The molecule has 0 spiro atoms. The highest BCUT2D eigenvalue weighted by Crippen LogP contribution is 2.19. The average molecular weight is 315 g/mol. The maximum absolute atomic E-state index is 13.7. The molecule has 5 nitrogen and oxygen atoms in total. The zero-order chi connectivity index (χ0) is 15.3. The Kier molecular flexibility index (Phi) is 5.55. The van der Waals surface area contributed by atoms with Gasteiger partial charge in [0.25, 0.3) is 0 Å². The van der Waals surface area contributed by atoms with E-state index in [0.29, 0.717) is 18.8 Å². The molecule has 21 heavy (non-hydrogen) atoms. The predicted octanol–water partition coefficient (Wildman–Crippen LogP) is 0.887. The molecule has 118 valence electrons. The molecular weight excluding hydrogens is 293 g/mol. The molecule has 1 fully saturated rings. The Hall–Kier alpha value is -1.18. The van der Waals surface area contributed by atoms with Gasteiger partial charge in [0.1, 0.15) is 5.82 Å². The van der Waals surface area contributed by atoms with Crippen LogP contribution in [-0.4, -0.2) is 58.3 Å². The first-order chi connectivity index (χ1) is 10.0. The molecule has 1 N–H and O–H groups in total. The van der Waals surface area contributed by atoms with Crippen molar-refractivity contribution in [2.45, 2.75) is 6.92 Å². The molecule has 0 amide bonds. The van der Waals surface area contributed by atoms with Gasteiger partial charge in [-0.15, -0.1) is 0 Å². The minimum atomic E-state index is -3.12. The lowest BCUT2D eigenvalue weighted by molar-refractivity contribution is 0.261. The van der Waals surface area contributed by atoms with Crippen LogP contribution in [0.1, 0.15) is 6.92 Å². The molecule has 0 bridgehead atoms. The van der Waals surface area contributed by atoms with Crippen LogP contribution in [0.3, 0.4) is 0 Å². The van der Waals surface area contributed by atoms with E-state index in [-0.39, 0.29) is 11.6 Å². The molecule has 0 radical (unpaired) electrons. The largest absolute Gasteiger partial charge is 0.367 e. The molecule has 2 rings (SSSR count). The minimum absolute atomic E-state index is 0.105. The van der Waals surface area contributed by atoms with Crippen LogP contribution in [0.25, 0.3) is 0 Å². The molecule has 1 aromatic carbocycles. The normalized spacial score (nSPS) is 17.1. The number of para-hydroxylation sites is 1. The molecule has 0 saturated carbocycles. The lowest BCUT2D eigenvalue weighted by atomic mass is 10.2. The van der Waals surface area contributed by atoms with Gasteiger partial charge in [0.05, 0.1) is 11.4 Å². The third-order valence-corrected chi connectivity index (χ3v) is 5.10. The van der Waals surface area contributed by atoms with Crippen molar-refractivity contribution in [1.29, 1.82) is 0 Å². The van der Waals surface area contributed by atoms with E-state index in [1.165, 1.54) is 6.07 Å². The van der Waals surface area contributed by atoms with Gasteiger partial charge in [-0.25, -0.2) is 17.5 Å². The highest BCUT2D eigenvalue weighted by molar-refractivity contribution is 7.89. The summed E-state index contributed by atoms with van der Waals surface area (Å²) in [6.45, 7) is 5.85. The van der Waals surface area contributed by atoms with Crippen LogP contribution in [0, 0.1) is 5.82 Å². The zero-order valence-electron chi connectivity index (χ0n) is 12.3. The van der Waals surface area contributed by atoms with Crippen molar-refractivity contribution in [2.24, 2.45) is 0 Å². The second kappa shape index (κ2) is 7.20. The van der Waals surface area contributed by atoms with Crippen LogP contribution < -0.4 is 9.62 Å². The number of halogens is 1. The standard InChI is InChI=1S/C14H22FN3O2S/c1-2-21(19,20)16-7-8-17-9-11-18(12-10-17)14-6-4-3-5-13(14)15/h3-6,16H,2,7-12H2,1H3. The second-order valence-corrected chi connectivity index (χ2v) is 7.17. The van der Waals surface area contributed by atoms with Crippen LogP contribution in [0.2, 0.25) is 0 Å².